The number of likely N-dealkylation sites (tertiary alicyclic amines) is 1. The number of carboxylic acids is 1. The second-order valence-corrected chi connectivity index (χ2v) is 7.06. The molecule has 0 aromatic heterocycles. The molecular weight excluding hydrogens is 290 g/mol. The van der Waals surface area contributed by atoms with Crippen LogP contribution in [-0.2, 0) is 15.0 Å². The lowest BCUT2D eigenvalue weighted by Crippen LogP contribution is -2.49. The molecule has 0 aliphatic carbocycles. The van der Waals surface area contributed by atoms with Crippen molar-refractivity contribution in [2.45, 2.75) is 45.4 Å². The molecule has 1 aromatic carbocycles. The number of nitrogens with zero attached hydrogens (tertiary/aromatic N) is 1. The first-order valence-corrected chi connectivity index (χ1v) is 8.43. The van der Waals surface area contributed by atoms with Crippen LogP contribution in [0.25, 0.3) is 0 Å². The largest absolute Gasteiger partial charge is 0.481 e. The highest BCUT2D eigenvalue weighted by Gasteiger charge is 2.43. The lowest BCUT2D eigenvalue weighted by Gasteiger charge is -2.39. The highest BCUT2D eigenvalue weighted by atomic mass is 16.4. The summed E-state index contributed by atoms with van der Waals surface area (Å²) in [5, 5.41) is 9.78. The normalized spacial score (nSPS) is 18.7. The molecule has 1 aliphatic heterocycles. The van der Waals surface area contributed by atoms with Crippen molar-refractivity contribution in [3.05, 3.63) is 35.9 Å². The van der Waals surface area contributed by atoms with Gasteiger partial charge in [-0.2, -0.15) is 0 Å². The lowest BCUT2D eigenvalue weighted by atomic mass is 9.72. The number of carboxylic acid groups (broad SMARTS) is 1. The van der Waals surface area contributed by atoms with Crippen LogP contribution in [0.15, 0.2) is 30.3 Å². The Kier molecular flexibility index (Phi) is 5.45. The molecule has 1 atom stereocenters. The van der Waals surface area contributed by atoms with Gasteiger partial charge in [0.05, 0.1) is 5.41 Å². The van der Waals surface area contributed by atoms with Gasteiger partial charge in [0.25, 0.3) is 0 Å². The van der Waals surface area contributed by atoms with Gasteiger partial charge >= 0.3 is 5.97 Å². The van der Waals surface area contributed by atoms with Crippen LogP contribution in [-0.4, -0.2) is 35.0 Å². The van der Waals surface area contributed by atoms with Gasteiger partial charge < -0.3 is 10.0 Å². The molecule has 0 spiro atoms. The van der Waals surface area contributed by atoms with Gasteiger partial charge in [-0.05, 0) is 30.2 Å². The Morgan fingerprint density at radius 2 is 1.70 bits per heavy atom. The second kappa shape index (κ2) is 7.16. The molecule has 1 saturated heterocycles. The van der Waals surface area contributed by atoms with E-state index < -0.39 is 11.4 Å². The van der Waals surface area contributed by atoms with Gasteiger partial charge in [0.1, 0.15) is 0 Å². The molecule has 0 bridgehead atoms. The zero-order valence-electron chi connectivity index (χ0n) is 14.3. The zero-order valence-corrected chi connectivity index (χ0v) is 14.3. The molecule has 23 heavy (non-hydrogen) atoms. The van der Waals surface area contributed by atoms with Gasteiger partial charge in [0.15, 0.2) is 0 Å². The fraction of sp³-hybridized carbons (Fsp3) is 0.579. The summed E-state index contributed by atoms with van der Waals surface area (Å²) in [6.07, 6.45) is 1.51. The number of aliphatic carboxylic acids is 1. The SMILES string of the molecule is CC(C)[C@@H](C)CC(=O)N1CCC(C(=O)O)(c2ccccc2)CC1. The fourth-order valence-electron chi connectivity index (χ4n) is 3.16. The summed E-state index contributed by atoms with van der Waals surface area (Å²) >= 11 is 0. The average molecular weight is 317 g/mol. The van der Waals surface area contributed by atoms with Gasteiger partial charge in [-0.15, -0.1) is 0 Å². The third-order valence-electron chi connectivity index (χ3n) is 5.34. The highest BCUT2D eigenvalue weighted by Crippen LogP contribution is 2.36. The molecule has 1 amide bonds. The second-order valence-electron chi connectivity index (χ2n) is 7.06. The van der Waals surface area contributed by atoms with Crippen molar-refractivity contribution in [3.63, 3.8) is 0 Å². The summed E-state index contributed by atoms with van der Waals surface area (Å²) in [6.45, 7) is 7.38. The summed E-state index contributed by atoms with van der Waals surface area (Å²) in [5.41, 5.74) is -0.0167. The number of rotatable bonds is 5. The third-order valence-corrected chi connectivity index (χ3v) is 5.34. The van der Waals surface area contributed by atoms with Crippen LogP contribution < -0.4 is 0 Å². The van der Waals surface area contributed by atoms with Crippen molar-refractivity contribution in [2.75, 3.05) is 13.1 Å². The van der Waals surface area contributed by atoms with Crippen LogP contribution in [0.2, 0.25) is 0 Å². The molecular formula is C19H27NO3. The molecule has 4 heteroatoms. The Balaban J connectivity index is 2.06. The van der Waals surface area contributed by atoms with Crippen LogP contribution in [0.4, 0.5) is 0 Å². The highest BCUT2D eigenvalue weighted by molar-refractivity contribution is 5.82. The first kappa shape index (κ1) is 17.5. The van der Waals surface area contributed by atoms with Gasteiger partial charge in [-0.25, -0.2) is 0 Å². The minimum absolute atomic E-state index is 0.151. The monoisotopic (exact) mass is 317 g/mol. The molecule has 0 unspecified atom stereocenters. The number of benzene rings is 1. The molecule has 2 rings (SSSR count). The van der Waals surface area contributed by atoms with E-state index in [-0.39, 0.29) is 5.91 Å². The van der Waals surface area contributed by atoms with Crippen molar-refractivity contribution >= 4 is 11.9 Å². The van der Waals surface area contributed by atoms with E-state index in [1.54, 1.807) is 0 Å². The Morgan fingerprint density at radius 1 is 1.13 bits per heavy atom. The van der Waals surface area contributed by atoms with E-state index >= 15 is 0 Å². The van der Waals surface area contributed by atoms with Crippen LogP contribution in [0, 0.1) is 11.8 Å². The molecule has 0 saturated carbocycles. The molecule has 1 N–H and O–H groups in total. The van der Waals surface area contributed by atoms with Crippen LogP contribution >= 0.6 is 0 Å². The standard InChI is InChI=1S/C19H27NO3/c1-14(2)15(3)13-17(21)20-11-9-19(10-12-20,18(22)23)16-7-5-4-6-8-16/h4-8,14-15H,9-13H2,1-3H3,(H,22,23)/t15-/m0/s1. The molecule has 1 aliphatic rings. The maximum Gasteiger partial charge on any atom is 0.314 e. The molecule has 1 heterocycles. The topological polar surface area (TPSA) is 57.6 Å². The third kappa shape index (κ3) is 3.74. The number of piperidine rings is 1. The summed E-state index contributed by atoms with van der Waals surface area (Å²) in [7, 11) is 0. The maximum atomic E-state index is 12.4. The molecule has 4 nitrogen and oxygen atoms in total. The van der Waals surface area contributed by atoms with Crippen molar-refractivity contribution in [1.29, 1.82) is 0 Å². The van der Waals surface area contributed by atoms with E-state index in [0.29, 0.717) is 44.2 Å². The van der Waals surface area contributed by atoms with Crippen LogP contribution in [0.1, 0.15) is 45.6 Å². The van der Waals surface area contributed by atoms with Gasteiger partial charge in [0, 0.05) is 19.5 Å². The summed E-state index contributed by atoms with van der Waals surface area (Å²) in [5.74, 6) is 0.193. The molecule has 126 valence electrons. The first-order chi connectivity index (χ1) is 10.9. The summed E-state index contributed by atoms with van der Waals surface area (Å²) < 4.78 is 0. The lowest BCUT2D eigenvalue weighted by molar-refractivity contribution is -0.148. The van der Waals surface area contributed by atoms with Gasteiger partial charge in [-0.3, -0.25) is 9.59 Å². The van der Waals surface area contributed by atoms with Crippen LogP contribution in [0.5, 0.6) is 0 Å². The van der Waals surface area contributed by atoms with Crippen LogP contribution in [0.3, 0.4) is 0 Å². The van der Waals surface area contributed by atoms with E-state index in [9.17, 15) is 14.7 Å². The van der Waals surface area contributed by atoms with E-state index in [0.717, 1.165) is 5.56 Å². The van der Waals surface area contributed by atoms with Crippen molar-refractivity contribution < 1.29 is 14.7 Å². The maximum absolute atomic E-state index is 12.4. The average Bonchev–Trinajstić information content (AvgIpc) is 2.55. The minimum Gasteiger partial charge on any atom is -0.481 e. The van der Waals surface area contributed by atoms with Gasteiger partial charge in [0.2, 0.25) is 5.91 Å². The van der Waals surface area contributed by atoms with E-state index in [2.05, 4.69) is 20.8 Å². The number of hydrogen-bond acceptors (Lipinski definition) is 2. The molecule has 1 aromatic rings. The Morgan fingerprint density at radius 3 is 2.17 bits per heavy atom. The zero-order chi connectivity index (χ0) is 17.0. The van der Waals surface area contributed by atoms with E-state index in [1.165, 1.54) is 0 Å². The predicted molar refractivity (Wildman–Crippen MR) is 90.2 cm³/mol. The first-order valence-electron chi connectivity index (χ1n) is 8.43. The summed E-state index contributed by atoms with van der Waals surface area (Å²) in [6, 6.07) is 9.41. The quantitative estimate of drug-likeness (QED) is 0.906. The fourth-order valence-corrected chi connectivity index (χ4v) is 3.16. The number of carbonyl (C=O) groups is 2. The van der Waals surface area contributed by atoms with Gasteiger partial charge in [-0.1, -0.05) is 51.1 Å². The summed E-state index contributed by atoms with van der Waals surface area (Å²) in [4.78, 5) is 26.2. The Bertz CT molecular complexity index is 545. The number of carbonyl (C=O) groups excluding carboxylic acids is 1. The Labute approximate surface area is 138 Å². The Hall–Kier alpha value is -1.84. The molecule has 0 radical (unpaired) electrons. The number of hydrogen-bond donors (Lipinski definition) is 1. The van der Waals surface area contributed by atoms with E-state index in [1.807, 2.05) is 35.2 Å². The van der Waals surface area contributed by atoms with Crippen molar-refractivity contribution in [2.24, 2.45) is 11.8 Å². The van der Waals surface area contributed by atoms with Crippen molar-refractivity contribution in [3.8, 4) is 0 Å². The van der Waals surface area contributed by atoms with E-state index in [4.69, 9.17) is 0 Å². The smallest absolute Gasteiger partial charge is 0.314 e. The minimum atomic E-state index is -0.859. The van der Waals surface area contributed by atoms with Crippen molar-refractivity contribution in [1.82, 2.24) is 4.90 Å². The number of amides is 1. The molecule has 1 fully saturated rings. The predicted octanol–water partition coefficient (Wildman–Crippen LogP) is 3.31.